The van der Waals surface area contributed by atoms with Crippen molar-refractivity contribution in [2.24, 2.45) is 11.7 Å². The predicted octanol–water partition coefficient (Wildman–Crippen LogP) is 1.17. The Morgan fingerprint density at radius 3 is 2.71 bits per heavy atom. The average molecular weight is 242 g/mol. The van der Waals surface area contributed by atoms with Gasteiger partial charge in [-0.25, -0.2) is 0 Å². The molecule has 0 aromatic rings. The number of hydrogen-bond acceptors (Lipinski definition) is 3. The van der Waals surface area contributed by atoms with Gasteiger partial charge in [0.15, 0.2) is 0 Å². The molecule has 1 aliphatic rings. The number of carbonyl (C=O) groups excluding carboxylic acids is 1. The number of unbranched alkanes of at least 4 members (excludes halogenated alkanes) is 2. The fraction of sp³-hybridized carbons (Fsp3) is 0.923. The summed E-state index contributed by atoms with van der Waals surface area (Å²) in [6, 6.07) is 0.0370. The first-order valence-corrected chi connectivity index (χ1v) is 6.90. The van der Waals surface area contributed by atoms with Crippen molar-refractivity contribution in [3.8, 4) is 0 Å². The minimum Gasteiger partial charge on any atom is -0.396 e. The second kappa shape index (κ2) is 8.48. The molecule has 4 heteroatoms. The maximum Gasteiger partial charge on any atom is 0.224 e. The Morgan fingerprint density at radius 1 is 1.18 bits per heavy atom. The van der Waals surface area contributed by atoms with E-state index in [2.05, 4.69) is 5.32 Å². The zero-order chi connectivity index (χ0) is 12.5. The summed E-state index contributed by atoms with van der Waals surface area (Å²) < 4.78 is 0. The lowest BCUT2D eigenvalue weighted by Crippen LogP contribution is -2.41. The van der Waals surface area contributed by atoms with Gasteiger partial charge >= 0.3 is 0 Å². The first-order valence-electron chi connectivity index (χ1n) is 6.90. The Labute approximate surface area is 104 Å². The number of nitrogens with one attached hydrogen (secondary N) is 1. The molecule has 0 aromatic heterocycles. The fourth-order valence-electron chi connectivity index (χ4n) is 2.42. The van der Waals surface area contributed by atoms with Gasteiger partial charge in [-0.05, 0) is 32.1 Å². The quantitative estimate of drug-likeness (QED) is 0.483. The Balaban J connectivity index is 2.20. The highest BCUT2D eigenvalue weighted by Crippen LogP contribution is 2.22. The van der Waals surface area contributed by atoms with Gasteiger partial charge in [-0.3, -0.25) is 4.79 Å². The average Bonchev–Trinajstić information content (AvgIpc) is 2.53. The van der Waals surface area contributed by atoms with Gasteiger partial charge in [-0.2, -0.15) is 0 Å². The third-order valence-electron chi connectivity index (χ3n) is 3.54. The third-order valence-corrected chi connectivity index (χ3v) is 3.54. The minimum atomic E-state index is 0.00958. The van der Waals surface area contributed by atoms with Gasteiger partial charge in [-0.15, -0.1) is 0 Å². The van der Waals surface area contributed by atoms with E-state index < -0.39 is 0 Å². The summed E-state index contributed by atoms with van der Waals surface area (Å²) in [5.41, 5.74) is 6.04. The zero-order valence-electron chi connectivity index (χ0n) is 10.7. The Morgan fingerprint density at radius 2 is 1.94 bits per heavy atom. The van der Waals surface area contributed by atoms with Crippen LogP contribution in [0.25, 0.3) is 0 Å². The van der Waals surface area contributed by atoms with Gasteiger partial charge in [0.25, 0.3) is 0 Å². The smallest absolute Gasteiger partial charge is 0.224 e. The van der Waals surface area contributed by atoms with Gasteiger partial charge in [0, 0.05) is 19.2 Å². The van der Waals surface area contributed by atoms with Gasteiger partial charge in [-0.1, -0.05) is 19.3 Å². The number of aliphatic hydroxyl groups excluding tert-OH is 1. The molecule has 0 radical (unpaired) electrons. The summed E-state index contributed by atoms with van der Waals surface area (Å²) in [6.07, 6.45) is 8.11. The molecule has 0 aromatic carbocycles. The molecular weight excluding hydrogens is 216 g/mol. The van der Waals surface area contributed by atoms with Gasteiger partial charge in [0.1, 0.15) is 0 Å². The van der Waals surface area contributed by atoms with Crippen LogP contribution in [-0.4, -0.2) is 30.2 Å². The van der Waals surface area contributed by atoms with Crippen LogP contribution in [0.4, 0.5) is 0 Å². The SMILES string of the molecule is NC1CCCCCC1C(=O)NCCCCCO. The van der Waals surface area contributed by atoms with E-state index in [4.69, 9.17) is 10.8 Å². The van der Waals surface area contributed by atoms with E-state index in [1.165, 1.54) is 6.42 Å². The van der Waals surface area contributed by atoms with Crippen LogP contribution in [0.5, 0.6) is 0 Å². The fourth-order valence-corrected chi connectivity index (χ4v) is 2.42. The lowest BCUT2D eigenvalue weighted by atomic mass is 9.94. The van der Waals surface area contributed by atoms with Crippen LogP contribution < -0.4 is 11.1 Å². The van der Waals surface area contributed by atoms with Crippen molar-refractivity contribution in [3.05, 3.63) is 0 Å². The molecule has 4 N–H and O–H groups in total. The van der Waals surface area contributed by atoms with Crippen molar-refractivity contribution in [2.45, 2.75) is 57.4 Å². The number of nitrogens with two attached hydrogens (primary N) is 1. The number of amides is 1. The van der Waals surface area contributed by atoms with Gasteiger partial charge in [0.05, 0.1) is 5.92 Å². The standard InChI is InChI=1S/C13H26N2O2/c14-12-8-4-1-3-7-11(12)13(17)15-9-5-2-6-10-16/h11-12,16H,1-10,14H2,(H,15,17). The molecule has 1 fully saturated rings. The predicted molar refractivity (Wildman–Crippen MR) is 68.5 cm³/mol. The number of hydrogen-bond donors (Lipinski definition) is 3. The highest BCUT2D eigenvalue weighted by Gasteiger charge is 2.26. The van der Waals surface area contributed by atoms with Crippen LogP contribution in [0.1, 0.15) is 51.4 Å². The zero-order valence-corrected chi connectivity index (χ0v) is 10.7. The molecule has 0 heterocycles. The van der Waals surface area contributed by atoms with E-state index in [0.29, 0.717) is 6.54 Å². The van der Waals surface area contributed by atoms with Crippen LogP contribution in [0, 0.1) is 5.92 Å². The second-order valence-corrected chi connectivity index (χ2v) is 4.98. The van der Waals surface area contributed by atoms with E-state index in [9.17, 15) is 4.79 Å². The molecule has 100 valence electrons. The Bertz CT molecular complexity index is 221. The van der Waals surface area contributed by atoms with Gasteiger partial charge in [0.2, 0.25) is 5.91 Å². The van der Waals surface area contributed by atoms with Crippen LogP contribution >= 0.6 is 0 Å². The highest BCUT2D eigenvalue weighted by atomic mass is 16.2. The third kappa shape index (κ3) is 5.50. The van der Waals surface area contributed by atoms with Crippen molar-refractivity contribution in [3.63, 3.8) is 0 Å². The molecular formula is C13H26N2O2. The van der Waals surface area contributed by atoms with E-state index in [1.54, 1.807) is 0 Å². The van der Waals surface area contributed by atoms with Crippen LogP contribution in [-0.2, 0) is 4.79 Å². The number of carbonyl (C=O) groups is 1. The first-order chi connectivity index (χ1) is 8.25. The summed E-state index contributed by atoms with van der Waals surface area (Å²) >= 11 is 0. The van der Waals surface area contributed by atoms with Crippen molar-refractivity contribution in [1.82, 2.24) is 5.32 Å². The lowest BCUT2D eigenvalue weighted by molar-refractivity contribution is -0.125. The maximum absolute atomic E-state index is 12.0. The molecule has 1 aliphatic carbocycles. The van der Waals surface area contributed by atoms with Crippen molar-refractivity contribution in [1.29, 1.82) is 0 Å². The molecule has 1 amide bonds. The molecule has 2 unspecified atom stereocenters. The molecule has 0 spiro atoms. The Hall–Kier alpha value is -0.610. The topological polar surface area (TPSA) is 75.4 Å². The summed E-state index contributed by atoms with van der Waals surface area (Å²) in [6.45, 7) is 0.948. The van der Waals surface area contributed by atoms with Crippen LogP contribution in [0.2, 0.25) is 0 Å². The van der Waals surface area contributed by atoms with Gasteiger partial charge < -0.3 is 16.2 Å². The summed E-state index contributed by atoms with van der Waals surface area (Å²) in [7, 11) is 0. The molecule has 0 aliphatic heterocycles. The number of aliphatic hydroxyl groups is 1. The highest BCUT2D eigenvalue weighted by molar-refractivity contribution is 5.79. The maximum atomic E-state index is 12.0. The van der Waals surface area contributed by atoms with Crippen molar-refractivity contribution < 1.29 is 9.90 Å². The molecule has 2 atom stereocenters. The summed E-state index contributed by atoms with van der Waals surface area (Å²) in [4.78, 5) is 12.0. The molecule has 1 rings (SSSR count). The van der Waals surface area contributed by atoms with Crippen LogP contribution in [0.15, 0.2) is 0 Å². The normalized spacial score (nSPS) is 25.3. The monoisotopic (exact) mass is 242 g/mol. The largest absolute Gasteiger partial charge is 0.396 e. The van der Waals surface area contributed by atoms with E-state index >= 15 is 0 Å². The minimum absolute atomic E-state index is 0.00958. The van der Waals surface area contributed by atoms with E-state index in [1.807, 2.05) is 0 Å². The second-order valence-electron chi connectivity index (χ2n) is 4.98. The molecule has 0 saturated heterocycles. The molecule has 4 nitrogen and oxygen atoms in total. The molecule has 1 saturated carbocycles. The van der Waals surface area contributed by atoms with Crippen molar-refractivity contribution >= 4 is 5.91 Å². The molecule has 17 heavy (non-hydrogen) atoms. The summed E-state index contributed by atoms with van der Waals surface area (Å²) in [5, 5.41) is 11.6. The lowest BCUT2D eigenvalue weighted by Gasteiger charge is -2.20. The summed E-state index contributed by atoms with van der Waals surface area (Å²) in [5.74, 6) is 0.138. The van der Waals surface area contributed by atoms with Crippen LogP contribution in [0.3, 0.4) is 0 Å². The van der Waals surface area contributed by atoms with Crippen molar-refractivity contribution in [2.75, 3.05) is 13.2 Å². The Kier molecular flexibility index (Phi) is 7.21. The van der Waals surface area contributed by atoms with E-state index in [-0.39, 0.29) is 24.5 Å². The van der Waals surface area contributed by atoms with E-state index in [0.717, 1.165) is 44.9 Å². The first kappa shape index (κ1) is 14.5. The number of rotatable bonds is 6. The molecule has 0 bridgehead atoms.